The van der Waals surface area contributed by atoms with Crippen LogP contribution in [0.3, 0.4) is 0 Å². The highest BCUT2D eigenvalue weighted by molar-refractivity contribution is 5.97. The van der Waals surface area contributed by atoms with E-state index in [-0.39, 0.29) is 17.3 Å². The molecule has 1 aliphatic heterocycles. The summed E-state index contributed by atoms with van der Waals surface area (Å²) in [4.78, 5) is 37.7. The first kappa shape index (κ1) is 23.7. The fraction of sp³-hybridized carbons (Fsp3) is 0.385. The van der Waals surface area contributed by atoms with Crippen LogP contribution in [-0.2, 0) is 7.05 Å². The molecular weight excluding hydrogens is 462 g/mol. The monoisotopic (exact) mass is 491 g/mol. The Kier molecular flexibility index (Phi) is 6.03. The Balaban J connectivity index is 1.51. The zero-order valence-corrected chi connectivity index (χ0v) is 21.1. The van der Waals surface area contributed by atoms with Crippen LogP contribution in [0.1, 0.15) is 24.4 Å². The second-order valence-corrected chi connectivity index (χ2v) is 8.99. The van der Waals surface area contributed by atoms with E-state index in [4.69, 9.17) is 14.2 Å². The van der Waals surface area contributed by atoms with Crippen molar-refractivity contribution in [2.45, 2.75) is 25.8 Å². The van der Waals surface area contributed by atoms with Gasteiger partial charge in [0.25, 0.3) is 5.56 Å². The first-order valence-corrected chi connectivity index (χ1v) is 11.8. The van der Waals surface area contributed by atoms with Crippen LogP contribution in [0.5, 0.6) is 17.2 Å². The number of nitrogens with zero attached hydrogens (tertiary/aromatic N) is 5. The smallest absolute Gasteiger partial charge is 0.331 e. The number of ether oxygens (including phenoxy) is 3. The molecule has 0 atom stereocenters. The van der Waals surface area contributed by atoms with E-state index in [1.54, 1.807) is 32.9 Å². The zero-order valence-electron chi connectivity index (χ0n) is 21.1. The summed E-state index contributed by atoms with van der Waals surface area (Å²) in [6.45, 7) is 3.18. The number of benzene rings is 2. The van der Waals surface area contributed by atoms with Crippen LogP contribution >= 0.6 is 0 Å². The van der Waals surface area contributed by atoms with Crippen LogP contribution < -0.4 is 30.4 Å². The van der Waals surface area contributed by atoms with Crippen molar-refractivity contribution in [2.24, 2.45) is 7.05 Å². The molecule has 1 fully saturated rings. The lowest BCUT2D eigenvalue weighted by Crippen LogP contribution is -2.45. The maximum absolute atomic E-state index is 13.4. The molecule has 4 aromatic rings. The van der Waals surface area contributed by atoms with Crippen molar-refractivity contribution in [3.63, 3.8) is 0 Å². The first-order chi connectivity index (χ1) is 17.4. The van der Waals surface area contributed by atoms with Gasteiger partial charge in [-0.25, -0.2) is 14.8 Å². The maximum atomic E-state index is 13.4. The Labute approximate surface area is 207 Å². The fourth-order valence-corrected chi connectivity index (χ4v) is 5.16. The highest BCUT2D eigenvalue weighted by Gasteiger charge is 2.28. The predicted molar refractivity (Wildman–Crippen MR) is 138 cm³/mol. The maximum Gasteiger partial charge on any atom is 0.331 e. The number of aryl methyl sites for hydroxylation is 2. The molecule has 36 heavy (non-hydrogen) atoms. The number of aromatic nitrogens is 4. The van der Waals surface area contributed by atoms with E-state index < -0.39 is 0 Å². The Morgan fingerprint density at radius 1 is 0.917 bits per heavy atom. The summed E-state index contributed by atoms with van der Waals surface area (Å²) in [5, 5.41) is 1.34. The van der Waals surface area contributed by atoms with Gasteiger partial charge in [-0.1, -0.05) is 11.6 Å². The highest BCUT2D eigenvalue weighted by atomic mass is 16.5. The van der Waals surface area contributed by atoms with Gasteiger partial charge in [0.1, 0.15) is 17.7 Å². The van der Waals surface area contributed by atoms with E-state index in [0.717, 1.165) is 16.8 Å². The molecule has 1 aliphatic rings. The van der Waals surface area contributed by atoms with Gasteiger partial charge in [-0.05, 0) is 38.0 Å². The number of anilines is 1. The standard InChI is InChI=1S/C26H29N5O5/c1-15-6-7-19-17(12-15)25(32)31(26(33)29(19)2)16-8-10-30(11-9-16)24-18-13-20(34-3)22(35-4)23(36-5)21(18)27-14-28-24/h6-7,12-14,16H,8-11H2,1-5H3. The lowest BCUT2D eigenvalue weighted by molar-refractivity contribution is 0.327. The summed E-state index contributed by atoms with van der Waals surface area (Å²) in [5.41, 5.74) is 1.73. The Bertz CT molecular complexity index is 1580. The first-order valence-electron chi connectivity index (χ1n) is 11.8. The Morgan fingerprint density at radius 3 is 2.31 bits per heavy atom. The van der Waals surface area contributed by atoms with Crippen molar-refractivity contribution in [1.82, 2.24) is 19.1 Å². The van der Waals surface area contributed by atoms with Crippen molar-refractivity contribution in [3.05, 3.63) is 57.0 Å². The number of hydrogen-bond donors (Lipinski definition) is 0. The summed E-state index contributed by atoms with van der Waals surface area (Å²) in [5.74, 6) is 2.21. The molecule has 0 saturated carbocycles. The molecule has 2 aromatic carbocycles. The van der Waals surface area contributed by atoms with Gasteiger partial charge in [0.15, 0.2) is 11.5 Å². The summed E-state index contributed by atoms with van der Waals surface area (Å²) < 4.78 is 19.6. The van der Waals surface area contributed by atoms with Crippen LogP contribution in [0.15, 0.2) is 40.2 Å². The Hall–Kier alpha value is -4.08. The lowest BCUT2D eigenvalue weighted by atomic mass is 10.0. The number of rotatable bonds is 5. The third-order valence-corrected chi connectivity index (χ3v) is 7.00. The third kappa shape index (κ3) is 3.64. The minimum Gasteiger partial charge on any atom is -0.493 e. The minimum absolute atomic E-state index is 0.199. The van der Waals surface area contributed by atoms with Crippen LogP contribution in [0.4, 0.5) is 5.82 Å². The molecule has 2 aromatic heterocycles. The molecule has 188 valence electrons. The molecule has 0 spiro atoms. The van der Waals surface area contributed by atoms with Gasteiger partial charge in [0.05, 0.1) is 37.6 Å². The summed E-state index contributed by atoms with van der Waals surface area (Å²) >= 11 is 0. The van der Waals surface area contributed by atoms with E-state index in [1.807, 2.05) is 31.2 Å². The molecule has 0 aliphatic carbocycles. The van der Waals surface area contributed by atoms with Gasteiger partial charge in [0, 0.05) is 26.2 Å². The molecule has 3 heterocycles. The molecule has 0 unspecified atom stereocenters. The van der Waals surface area contributed by atoms with E-state index >= 15 is 0 Å². The number of fused-ring (bicyclic) bond motifs is 2. The molecule has 0 N–H and O–H groups in total. The van der Waals surface area contributed by atoms with E-state index in [9.17, 15) is 9.59 Å². The van der Waals surface area contributed by atoms with Gasteiger partial charge < -0.3 is 19.1 Å². The SMILES string of the molecule is COc1cc2c(N3CCC(n4c(=O)c5cc(C)ccc5n(C)c4=O)CC3)ncnc2c(OC)c1OC. The zero-order chi connectivity index (χ0) is 25.6. The third-order valence-electron chi connectivity index (χ3n) is 7.00. The van der Waals surface area contributed by atoms with Crippen molar-refractivity contribution in [2.75, 3.05) is 39.3 Å². The number of methoxy groups -OCH3 is 3. The van der Waals surface area contributed by atoms with Crippen molar-refractivity contribution in [3.8, 4) is 17.2 Å². The van der Waals surface area contributed by atoms with Crippen LogP contribution in [-0.4, -0.2) is 53.5 Å². The Morgan fingerprint density at radius 2 is 1.64 bits per heavy atom. The van der Waals surface area contributed by atoms with Crippen LogP contribution in [0.25, 0.3) is 21.8 Å². The fourth-order valence-electron chi connectivity index (χ4n) is 5.16. The van der Waals surface area contributed by atoms with Gasteiger partial charge in [-0.2, -0.15) is 0 Å². The molecule has 0 bridgehead atoms. The van der Waals surface area contributed by atoms with Crippen LogP contribution in [0, 0.1) is 6.92 Å². The van der Waals surface area contributed by atoms with Gasteiger partial charge in [-0.15, -0.1) is 0 Å². The average molecular weight is 492 g/mol. The molecule has 10 nitrogen and oxygen atoms in total. The van der Waals surface area contributed by atoms with Gasteiger partial charge in [-0.3, -0.25) is 13.9 Å². The normalized spacial score (nSPS) is 14.4. The molecule has 0 radical (unpaired) electrons. The van der Waals surface area contributed by atoms with E-state index in [2.05, 4.69) is 14.9 Å². The van der Waals surface area contributed by atoms with Gasteiger partial charge in [0.2, 0.25) is 5.75 Å². The molecule has 10 heteroatoms. The number of hydrogen-bond acceptors (Lipinski definition) is 8. The lowest BCUT2D eigenvalue weighted by Gasteiger charge is -2.34. The number of piperidine rings is 1. The second kappa shape index (κ2) is 9.18. The second-order valence-electron chi connectivity index (χ2n) is 8.99. The average Bonchev–Trinajstić information content (AvgIpc) is 2.90. The summed E-state index contributed by atoms with van der Waals surface area (Å²) in [7, 11) is 6.40. The summed E-state index contributed by atoms with van der Waals surface area (Å²) in [6.07, 6.45) is 2.76. The topological polar surface area (TPSA) is 101 Å². The predicted octanol–water partition coefficient (Wildman–Crippen LogP) is 2.82. The summed E-state index contributed by atoms with van der Waals surface area (Å²) in [6, 6.07) is 7.25. The minimum atomic E-state index is -0.288. The van der Waals surface area contributed by atoms with Crippen molar-refractivity contribution in [1.29, 1.82) is 0 Å². The molecule has 5 rings (SSSR count). The highest BCUT2D eigenvalue weighted by Crippen LogP contribution is 2.44. The molecule has 1 saturated heterocycles. The van der Waals surface area contributed by atoms with E-state index in [0.29, 0.717) is 59.6 Å². The largest absolute Gasteiger partial charge is 0.493 e. The van der Waals surface area contributed by atoms with E-state index in [1.165, 1.54) is 10.9 Å². The van der Waals surface area contributed by atoms with Crippen molar-refractivity contribution >= 4 is 27.6 Å². The van der Waals surface area contributed by atoms with Crippen LogP contribution in [0.2, 0.25) is 0 Å². The molecular formula is C26H29N5O5. The van der Waals surface area contributed by atoms with Crippen molar-refractivity contribution < 1.29 is 14.2 Å². The van der Waals surface area contributed by atoms with Gasteiger partial charge >= 0.3 is 5.69 Å². The molecule has 0 amide bonds. The quantitative estimate of drug-likeness (QED) is 0.420.